The van der Waals surface area contributed by atoms with Gasteiger partial charge in [-0.3, -0.25) is 0 Å². The molecule has 0 bridgehead atoms. The molecule has 0 amide bonds. The Morgan fingerprint density at radius 3 is 1.22 bits per heavy atom. The van der Waals surface area contributed by atoms with Crippen LogP contribution in [0.4, 0.5) is 18.9 Å². The number of halogens is 3. The van der Waals surface area contributed by atoms with E-state index in [1.807, 2.05) is 54.6 Å². The van der Waals surface area contributed by atoms with Crippen molar-refractivity contribution in [2.24, 2.45) is 0 Å². The molecule has 5 nitrogen and oxygen atoms in total. The molecule has 0 aliphatic heterocycles. The van der Waals surface area contributed by atoms with Crippen molar-refractivity contribution in [3.05, 3.63) is 259 Å². The van der Waals surface area contributed by atoms with Crippen molar-refractivity contribution in [2.75, 3.05) is 0 Å². The SMILES string of the molecule is [C-]#[N+]c1ccc(-n2c3ccccc3c3cc(-n4c5ccccc5c5ccccc54)ccc32)c(-c2ccc(-c3c(C)cccc3C(F)(F)F)cc2-n2c3ccccc3c3cc(-n4c5ccccc5c5ccccc54)ccc32)c1. The van der Waals surface area contributed by atoms with Crippen molar-refractivity contribution in [3.63, 3.8) is 0 Å². The molecule has 0 spiro atoms. The normalized spacial score (nSPS) is 12.1. The van der Waals surface area contributed by atoms with Crippen LogP contribution in [-0.2, 0) is 6.18 Å². The van der Waals surface area contributed by atoms with Gasteiger partial charge in [0.25, 0.3) is 0 Å². The number of aromatic nitrogens is 4. The summed E-state index contributed by atoms with van der Waals surface area (Å²) in [6, 6.07) is 79.5. The zero-order chi connectivity index (χ0) is 51.7. The van der Waals surface area contributed by atoms with Gasteiger partial charge < -0.3 is 18.3 Å². The molecule has 0 fully saturated rings. The summed E-state index contributed by atoms with van der Waals surface area (Å²) in [7, 11) is 0. The standard InChI is InChI=1S/C69H42F3N5/c1-42-16-15-23-57(69(70,71)72)68(42)43-30-34-53(67(38-43)77-63-29-14-8-22-52(63)56-41-46(33-37-66(56)77)75-60-26-11-5-19-49(60)50-20-6-12-27-61(50)75)54-39-44(73-2)31-35-64(54)76-62-28-13-7-21-51(62)55-40-45(32-36-65(55)76)74-58-24-9-3-17-47(58)48-18-4-10-25-59(48)74/h3-41H,1H3. The number of alkyl halides is 3. The van der Waals surface area contributed by atoms with Crippen LogP contribution in [0.5, 0.6) is 0 Å². The van der Waals surface area contributed by atoms with Gasteiger partial charge in [0, 0.05) is 60.0 Å². The molecule has 0 N–H and O–H groups in total. The Bertz CT molecular complexity index is 4910. The minimum absolute atomic E-state index is 0.124. The van der Waals surface area contributed by atoms with Crippen LogP contribution in [0.3, 0.4) is 0 Å². The van der Waals surface area contributed by atoms with Crippen LogP contribution < -0.4 is 0 Å². The number of nitrogens with zero attached hydrogens (tertiary/aromatic N) is 5. The third-order valence-electron chi connectivity index (χ3n) is 15.7. The summed E-state index contributed by atoms with van der Waals surface area (Å²) >= 11 is 0. The van der Waals surface area contributed by atoms with Gasteiger partial charge in [0.15, 0.2) is 5.69 Å². The number of rotatable bonds is 6. The van der Waals surface area contributed by atoms with Gasteiger partial charge in [-0.2, -0.15) is 13.2 Å². The van der Waals surface area contributed by atoms with E-state index in [0.717, 1.165) is 105 Å². The second-order valence-electron chi connectivity index (χ2n) is 19.9. The van der Waals surface area contributed by atoms with Gasteiger partial charge in [0.1, 0.15) is 0 Å². The van der Waals surface area contributed by atoms with Crippen molar-refractivity contribution in [1.82, 2.24) is 18.3 Å². The predicted molar refractivity (Wildman–Crippen MR) is 311 cm³/mol. The fourth-order valence-electron chi connectivity index (χ4n) is 12.5. The monoisotopic (exact) mass is 997 g/mol. The smallest absolute Gasteiger partial charge is 0.309 e. The van der Waals surface area contributed by atoms with Gasteiger partial charge in [0.2, 0.25) is 0 Å². The third-order valence-corrected chi connectivity index (χ3v) is 15.7. The summed E-state index contributed by atoms with van der Waals surface area (Å²) in [6.07, 6.45) is -4.61. The Hall–Kier alpha value is -10.1. The Morgan fingerprint density at radius 1 is 0.351 bits per heavy atom. The number of fused-ring (bicyclic) bond motifs is 12. The van der Waals surface area contributed by atoms with E-state index >= 15 is 13.2 Å². The molecule has 0 radical (unpaired) electrons. The fraction of sp³-hybridized carbons (Fsp3) is 0.0290. The maximum Gasteiger partial charge on any atom is 0.417 e. The Balaban J connectivity index is 1.01. The Morgan fingerprint density at radius 2 is 0.766 bits per heavy atom. The molecule has 0 saturated heterocycles. The number of aryl methyl sites for hydroxylation is 1. The molecular formula is C69H42F3N5. The van der Waals surface area contributed by atoms with E-state index in [-0.39, 0.29) is 5.56 Å². The molecule has 15 rings (SSSR count). The Kier molecular flexibility index (Phi) is 9.63. The third kappa shape index (κ3) is 6.60. The summed E-state index contributed by atoms with van der Waals surface area (Å²) < 4.78 is 54.6. The summed E-state index contributed by atoms with van der Waals surface area (Å²) in [5, 5.41) is 8.76. The summed E-state index contributed by atoms with van der Waals surface area (Å²) in [4.78, 5) is 3.98. The molecule has 364 valence electrons. The fourth-order valence-corrected chi connectivity index (χ4v) is 12.5. The first-order chi connectivity index (χ1) is 37.7. The summed E-state index contributed by atoms with van der Waals surface area (Å²) in [5.74, 6) is 0. The molecule has 0 unspecified atom stereocenters. The predicted octanol–water partition coefficient (Wildman–Crippen LogP) is 19.3. The number of hydrogen-bond acceptors (Lipinski definition) is 0. The zero-order valence-corrected chi connectivity index (χ0v) is 41.4. The second kappa shape index (κ2) is 16.7. The molecule has 0 aliphatic rings. The summed E-state index contributed by atoms with van der Waals surface area (Å²) in [6.45, 7) is 10.1. The van der Waals surface area contributed by atoms with Crippen LogP contribution >= 0.6 is 0 Å². The molecule has 4 aromatic heterocycles. The van der Waals surface area contributed by atoms with Gasteiger partial charge in [0.05, 0.1) is 67.6 Å². The quantitative estimate of drug-likeness (QED) is 0.148. The van der Waals surface area contributed by atoms with Crippen LogP contribution in [0.25, 0.3) is 137 Å². The number of hydrogen-bond donors (Lipinski definition) is 0. The molecule has 0 aliphatic carbocycles. The Labute approximate surface area is 439 Å². The van der Waals surface area contributed by atoms with Crippen molar-refractivity contribution in [2.45, 2.75) is 13.1 Å². The van der Waals surface area contributed by atoms with Gasteiger partial charge in [-0.1, -0.05) is 140 Å². The number of para-hydroxylation sites is 6. The van der Waals surface area contributed by atoms with Crippen molar-refractivity contribution < 1.29 is 13.2 Å². The second-order valence-corrected chi connectivity index (χ2v) is 19.9. The lowest BCUT2D eigenvalue weighted by Gasteiger charge is -2.21. The molecular weight excluding hydrogens is 956 g/mol. The molecule has 0 saturated carbocycles. The first-order valence-electron chi connectivity index (χ1n) is 25.6. The average Bonchev–Trinajstić information content (AvgIpc) is 4.35. The molecule has 0 atom stereocenters. The van der Waals surface area contributed by atoms with Crippen molar-refractivity contribution in [3.8, 4) is 45.0 Å². The van der Waals surface area contributed by atoms with Crippen LogP contribution in [0.15, 0.2) is 237 Å². The van der Waals surface area contributed by atoms with E-state index in [2.05, 4.69) is 187 Å². The minimum Gasteiger partial charge on any atom is -0.309 e. The zero-order valence-electron chi connectivity index (χ0n) is 41.4. The maximum absolute atomic E-state index is 15.2. The lowest BCUT2D eigenvalue weighted by atomic mass is 9.91. The summed E-state index contributed by atoms with van der Waals surface area (Å²) in [5.41, 5.74) is 13.9. The van der Waals surface area contributed by atoms with Crippen molar-refractivity contribution in [1.29, 1.82) is 0 Å². The highest BCUT2D eigenvalue weighted by Gasteiger charge is 2.35. The van der Waals surface area contributed by atoms with E-state index in [1.54, 1.807) is 13.0 Å². The molecule has 77 heavy (non-hydrogen) atoms. The molecule has 4 heterocycles. The van der Waals surface area contributed by atoms with Crippen LogP contribution in [0.2, 0.25) is 0 Å². The molecule has 15 aromatic rings. The van der Waals surface area contributed by atoms with Gasteiger partial charge in [-0.25, -0.2) is 4.85 Å². The topological polar surface area (TPSA) is 24.1 Å². The first kappa shape index (κ1) is 44.4. The first-order valence-corrected chi connectivity index (χ1v) is 25.6. The van der Waals surface area contributed by atoms with Crippen LogP contribution in [-0.4, -0.2) is 18.3 Å². The maximum atomic E-state index is 15.2. The lowest BCUT2D eigenvalue weighted by molar-refractivity contribution is -0.137. The van der Waals surface area contributed by atoms with Gasteiger partial charge in [-0.15, -0.1) is 0 Å². The van der Waals surface area contributed by atoms with E-state index < -0.39 is 11.7 Å². The number of benzene rings is 11. The highest BCUT2D eigenvalue weighted by atomic mass is 19.4. The lowest BCUT2D eigenvalue weighted by Crippen LogP contribution is -2.08. The van der Waals surface area contributed by atoms with E-state index in [9.17, 15) is 0 Å². The highest BCUT2D eigenvalue weighted by molar-refractivity contribution is 6.15. The van der Waals surface area contributed by atoms with Crippen LogP contribution in [0.1, 0.15) is 11.1 Å². The molecule has 8 heteroatoms. The minimum atomic E-state index is -4.61. The van der Waals surface area contributed by atoms with Crippen LogP contribution in [0, 0.1) is 13.5 Å². The highest BCUT2D eigenvalue weighted by Crippen LogP contribution is 2.47. The van der Waals surface area contributed by atoms with E-state index in [1.165, 1.54) is 22.9 Å². The van der Waals surface area contributed by atoms with Gasteiger partial charge >= 0.3 is 6.18 Å². The largest absolute Gasteiger partial charge is 0.417 e. The molecule has 11 aromatic carbocycles. The van der Waals surface area contributed by atoms with E-state index in [4.69, 9.17) is 6.57 Å². The average molecular weight is 998 g/mol. The van der Waals surface area contributed by atoms with Crippen molar-refractivity contribution >= 4 is 92.9 Å². The van der Waals surface area contributed by atoms with Gasteiger partial charge in [-0.05, 0) is 126 Å². The van der Waals surface area contributed by atoms with E-state index in [0.29, 0.717) is 22.5 Å².